The molecule has 2 rings (SSSR count). The summed E-state index contributed by atoms with van der Waals surface area (Å²) in [4.78, 5) is 44.0. The maximum absolute atomic E-state index is 13.1. The van der Waals surface area contributed by atoms with E-state index in [2.05, 4.69) is 46.6 Å². The highest BCUT2D eigenvalue weighted by Crippen LogP contribution is 2.24. The van der Waals surface area contributed by atoms with Gasteiger partial charge < -0.3 is 20.9 Å². The standard InChI is InChI=1S/C25H37N5O3S/c1-7-9-22(31)28-20(13-23-29-19-11-10-18(8-2)12-21(19)34-23)25(33)27-17(4)14-26-24(32)16(3)15-30(5)6/h10-12,17,20H,3,7-9,13-15H2,1-2,4-6H3,(H,26,32)(H,27,33)(H,28,31)/t17-,20-/m0/s1. The SMILES string of the molecule is C=C(CN(C)C)C(=O)NC[C@H](C)NC(=O)[C@H](Cc1nc2ccc(CC)cc2s1)NC(=O)CCC. The lowest BCUT2D eigenvalue weighted by atomic mass is 10.1. The Hall–Kier alpha value is -2.78. The summed E-state index contributed by atoms with van der Waals surface area (Å²) in [6.07, 6.45) is 2.29. The van der Waals surface area contributed by atoms with Crippen LogP contribution in [0.15, 0.2) is 30.4 Å². The Morgan fingerprint density at radius 3 is 2.56 bits per heavy atom. The third-order valence-electron chi connectivity index (χ3n) is 5.20. The number of fused-ring (bicyclic) bond motifs is 1. The molecule has 2 aromatic rings. The van der Waals surface area contributed by atoms with E-state index >= 15 is 0 Å². The van der Waals surface area contributed by atoms with Crippen LogP contribution in [-0.2, 0) is 27.2 Å². The molecule has 1 heterocycles. The van der Waals surface area contributed by atoms with Gasteiger partial charge in [0.25, 0.3) is 0 Å². The molecule has 1 aromatic carbocycles. The Kier molecular flexibility index (Phi) is 10.7. The second-order valence-electron chi connectivity index (χ2n) is 8.80. The minimum Gasteiger partial charge on any atom is -0.350 e. The first kappa shape index (κ1) is 27.5. The van der Waals surface area contributed by atoms with E-state index in [4.69, 9.17) is 0 Å². The molecule has 0 unspecified atom stereocenters. The number of hydrogen-bond donors (Lipinski definition) is 3. The molecule has 1 aromatic heterocycles. The van der Waals surface area contributed by atoms with Crippen LogP contribution in [0.3, 0.4) is 0 Å². The van der Waals surface area contributed by atoms with Crippen molar-refractivity contribution in [3.63, 3.8) is 0 Å². The first-order chi connectivity index (χ1) is 16.1. The molecule has 0 aliphatic carbocycles. The van der Waals surface area contributed by atoms with Crippen molar-refractivity contribution >= 4 is 39.3 Å². The maximum atomic E-state index is 13.1. The van der Waals surface area contributed by atoms with Gasteiger partial charge in [-0.2, -0.15) is 0 Å². The number of rotatable bonds is 13. The zero-order chi connectivity index (χ0) is 25.3. The second kappa shape index (κ2) is 13.2. The van der Waals surface area contributed by atoms with Crippen molar-refractivity contribution in [2.24, 2.45) is 0 Å². The van der Waals surface area contributed by atoms with E-state index in [9.17, 15) is 14.4 Å². The summed E-state index contributed by atoms with van der Waals surface area (Å²) in [5.41, 5.74) is 2.58. The van der Waals surface area contributed by atoms with Gasteiger partial charge in [0.1, 0.15) is 6.04 Å². The number of nitrogens with zero attached hydrogens (tertiary/aromatic N) is 2. The lowest BCUT2D eigenvalue weighted by Crippen LogP contribution is -2.52. The van der Waals surface area contributed by atoms with E-state index in [0.717, 1.165) is 21.6 Å². The van der Waals surface area contributed by atoms with Crippen LogP contribution in [0.2, 0.25) is 0 Å². The minimum absolute atomic E-state index is 0.169. The van der Waals surface area contributed by atoms with Crippen LogP contribution < -0.4 is 16.0 Å². The third kappa shape index (κ3) is 8.53. The monoisotopic (exact) mass is 487 g/mol. The van der Waals surface area contributed by atoms with Crippen LogP contribution in [0, 0.1) is 0 Å². The molecule has 2 atom stereocenters. The number of benzene rings is 1. The van der Waals surface area contributed by atoms with Gasteiger partial charge >= 0.3 is 0 Å². The molecule has 0 radical (unpaired) electrons. The summed E-state index contributed by atoms with van der Waals surface area (Å²) in [6, 6.07) is 5.11. The van der Waals surface area contributed by atoms with Gasteiger partial charge in [0.15, 0.2) is 0 Å². The van der Waals surface area contributed by atoms with Crippen molar-refractivity contribution in [2.75, 3.05) is 27.2 Å². The molecular formula is C25H37N5O3S. The Balaban J connectivity index is 2.04. The van der Waals surface area contributed by atoms with Crippen molar-refractivity contribution in [3.8, 4) is 0 Å². The zero-order valence-electron chi connectivity index (χ0n) is 20.9. The van der Waals surface area contributed by atoms with Gasteiger partial charge in [-0.15, -0.1) is 11.3 Å². The lowest BCUT2D eigenvalue weighted by Gasteiger charge is -2.21. The number of amides is 3. The molecule has 3 N–H and O–H groups in total. The molecule has 0 aliphatic heterocycles. The first-order valence-electron chi connectivity index (χ1n) is 11.7. The molecule has 8 nitrogen and oxygen atoms in total. The van der Waals surface area contributed by atoms with Gasteiger partial charge in [0.2, 0.25) is 17.7 Å². The van der Waals surface area contributed by atoms with Crippen LogP contribution in [0.25, 0.3) is 10.2 Å². The quantitative estimate of drug-likeness (QED) is 0.377. The number of aromatic nitrogens is 1. The molecule has 34 heavy (non-hydrogen) atoms. The molecule has 9 heteroatoms. The number of nitrogens with one attached hydrogen (secondary N) is 3. The minimum atomic E-state index is -0.743. The van der Waals surface area contributed by atoms with Crippen molar-refractivity contribution in [2.45, 2.75) is 58.5 Å². The van der Waals surface area contributed by atoms with Crippen LogP contribution in [0.4, 0.5) is 0 Å². The number of carbonyl (C=O) groups excluding carboxylic acids is 3. The number of likely N-dealkylation sites (N-methyl/N-ethyl adjacent to an activating group) is 1. The van der Waals surface area contributed by atoms with E-state index in [1.807, 2.05) is 38.9 Å². The molecule has 186 valence electrons. The van der Waals surface area contributed by atoms with Crippen LogP contribution in [-0.4, -0.2) is 66.9 Å². The lowest BCUT2D eigenvalue weighted by molar-refractivity contribution is -0.129. The average Bonchev–Trinajstić information content (AvgIpc) is 3.18. The maximum Gasteiger partial charge on any atom is 0.247 e. The highest BCUT2D eigenvalue weighted by molar-refractivity contribution is 7.18. The summed E-state index contributed by atoms with van der Waals surface area (Å²) in [7, 11) is 3.73. The topological polar surface area (TPSA) is 103 Å². The molecule has 0 fully saturated rings. The number of hydrogen-bond acceptors (Lipinski definition) is 6. The molecule has 0 aliphatic rings. The van der Waals surface area contributed by atoms with Crippen molar-refractivity contribution in [1.82, 2.24) is 25.8 Å². The zero-order valence-corrected chi connectivity index (χ0v) is 21.7. The summed E-state index contributed by atoms with van der Waals surface area (Å²) in [5, 5.41) is 9.34. The van der Waals surface area contributed by atoms with E-state index < -0.39 is 6.04 Å². The number of carbonyl (C=O) groups is 3. The fourth-order valence-electron chi connectivity index (χ4n) is 3.42. The van der Waals surface area contributed by atoms with E-state index in [1.165, 1.54) is 5.56 Å². The predicted octanol–water partition coefficient (Wildman–Crippen LogP) is 2.42. The van der Waals surface area contributed by atoms with Crippen molar-refractivity contribution in [1.29, 1.82) is 0 Å². The Morgan fingerprint density at radius 1 is 1.18 bits per heavy atom. The van der Waals surface area contributed by atoms with Crippen LogP contribution in [0.1, 0.15) is 44.2 Å². The number of aryl methyl sites for hydroxylation is 1. The highest BCUT2D eigenvalue weighted by Gasteiger charge is 2.24. The molecule has 0 saturated carbocycles. The molecular weight excluding hydrogens is 450 g/mol. The summed E-state index contributed by atoms with van der Waals surface area (Å²) >= 11 is 1.54. The second-order valence-corrected chi connectivity index (χ2v) is 9.91. The van der Waals surface area contributed by atoms with Gasteiger partial charge in [-0.25, -0.2) is 4.98 Å². The normalized spacial score (nSPS) is 12.9. The molecule has 3 amide bonds. The molecule has 0 spiro atoms. The van der Waals surface area contributed by atoms with Gasteiger partial charge in [-0.1, -0.05) is 26.5 Å². The molecule has 0 saturated heterocycles. The van der Waals surface area contributed by atoms with Crippen molar-refractivity contribution in [3.05, 3.63) is 40.9 Å². The average molecular weight is 488 g/mol. The highest BCUT2D eigenvalue weighted by atomic mass is 32.1. The van der Waals surface area contributed by atoms with E-state index in [1.54, 1.807) is 11.3 Å². The Morgan fingerprint density at radius 2 is 1.91 bits per heavy atom. The largest absolute Gasteiger partial charge is 0.350 e. The third-order valence-corrected chi connectivity index (χ3v) is 6.24. The van der Waals surface area contributed by atoms with Gasteiger partial charge in [-0.05, 0) is 51.6 Å². The van der Waals surface area contributed by atoms with E-state index in [0.29, 0.717) is 31.4 Å². The predicted molar refractivity (Wildman–Crippen MR) is 138 cm³/mol. The Labute approximate surface area is 206 Å². The van der Waals surface area contributed by atoms with Crippen LogP contribution in [0.5, 0.6) is 0 Å². The molecule has 0 bridgehead atoms. The van der Waals surface area contributed by atoms with Crippen LogP contribution >= 0.6 is 11.3 Å². The van der Waals surface area contributed by atoms with E-state index in [-0.39, 0.29) is 30.3 Å². The fourth-order valence-corrected chi connectivity index (χ4v) is 4.50. The van der Waals surface area contributed by atoms with Gasteiger partial charge in [0.05, 0.1) is 15.2 Å². The van der Waals surface area contributed by atoms with Crippen molar-refractivity contribution < 1.29 is 14.4 Å². The summed E-state index contributed by atoms with van der Waals surface area (Å²) in [5.74, 6) is -0.715. The summed E-state index contributed by atoms with van der Waals surface area (Å²) < 4.78 is 1.07. The van der Waals surface area contributed by atoms with Gasteiger partial charge in [0, 0.05) is 37.5 Å². The smallest absolute Gasteiger partial charge is 0.247 e. The first-order valence-corrected chi connectivity index (χ1v) is 12.5. The van der Waals surface area contributed by atoms with Gasteiger partial charge in [-0.3, -0.25) is 14.4 Å². The summed E-state index contributed by atoms with van der Waals surface area (Å²) in [6.45, 7) is 10.3. The Bertz CT molecular complexity index is 1020. The number of thiazole rings is 1. The fraction of sp³-hybridized carbons (Fsp3) is 0.520.